The summed E-state index contributed by atoms with van der Waals surface area (Å²) in [6.45, 7) is 0. The van der Waals surface area contributed by atoms with Crippen LogP contribution in [0.5, 0.6) is 0 Å². The minimum Gasteiger partial charge on any atom is -0.478 e. The molecule has 1 aromatic heterocycles. The van der Waals surface area contributed by atoms with Gasteiger partial charge in [-0.3, -0.25) is 0 Å². The van der Waals surface area contributed by atoms with Gasteiger partial charge in [0.2, 0.25) is 0 Å². The number of rotatable bonds is 3. The molecule has 0 fully saturated rings. The van der Waals surface area contributed by atoms with E-state index in [4.69, 9.17) is 10.2 Å². The number of halogens is 1. The second-order valence-corrected chi connectivity index (χ2v) is 3.19. The number of hydrogen-bond acceptors (Lipinski definition) is 3. The second kappa shape index (κ2) is 3.14. The number of thiophene rings is 1. The van der Waals surface area contributed by atoms with Gasteiger partial charge in [0.05, 0.1) is 4.88 Å². The summed E-state index contributed by atoms with van der Waals surface area (Å²) in [5.41, 5.74) is -3.33. The van der Waals surface area contributed by atoms with Crippen LogP contribution in [0.4, 0.5) is 4.39 Å². The van der Waals surface area contributed by atoms with E-state index in [1.54, 1.807) is 0 Å². The summed E-state index contributed by atoms with van der Waals surface area (Å²) >= 11 is 0.750. The van der Waals surface area contributed by atoms with E-state index in [2.05, 4.69) is 0 Å². The summed E-state index contributed by atoms with van der Waals surface area (Å²) in [4.78, 5) is 20.5. The van der Waals surface area contributed by atoms with Gasteiger partial charge in [-0.05, 0) is 11.4 Å². The minimum atomic E-state index is -3.33. The summed E-state index contributed by atoms with van der Waals surface area (Å²) in [6.07, 6.45) is 0. The minimum absolute atomic E-state index is 0.340. The Labute approximate surface area is 76.2 Å². The van der Waals surface area contributed by atoms with Crippen LogP contribution in [0.3, 0.4) is 0 Å². The molecule has 0 atom stereocenters. The third kappa shape index (κ3) is 1.40. The van der Waals surface area contributed by atoms with Crippen LogP contribution in [0, 0.1) is 0 Å². The number of carboxylic acids is 2. The topological polar surface area (TPSA) is 74.6 Å². The zero-order valence-electron chi connectivity index (χ0n) is 6.23. The molecule has 4 nitrogen and oxygen atoms in total. The first-order chi connectivity index (χ1) is 5.99. The first-order valence-electron chi connectivity index (χ1n) is 3.19. The molecule has 0 amide bonds. The van der Waals surface area contributed by atoms with Crippen molar-refractivity contribution in [3.63, 3.8) is 0 Å². The summed E-state index contributed by atoms with van der Waals surface area (Å²) < 4.78 is 13.4. The Morgan fingerprint density at radius 2 is 1.92 bits per heavy atom. The Hall–Kier alpha value is -1.43. The van der Waals surface area contributed by atoms with E-state index in [-0.39, 0.29) is 4.88 Å². The van der Waals surface area contributed by atoms with Gasteiger partial charge >= 0.3 is 17.6 Å². The van der Waals surface area contributed by atoms with Crippen LogP contribution in [0.2, 0.25) is 0 Å². The standard InChI is InChI=1S/C7H5FO4S/c8-7(5(9)10,6(11)12)4-2-1-3-13-4/h1-3H,(H,9,10)(H,11,12). The van der Waals surface area contributed by atoms with Gasteiger partial charge in [0, 0.05) is 0 Å². The molecule has 0 bridgehead atoms. The third-order valence-corrected chi connectivity index (χ3v) is 2.41. The first-order valence-corrected chi connectivity index (χ1v) is 4.07. The summed E-state index contributed by atoms with van der Waals surface area (Å²) in [7, 11) is 0. The molecular formula is C7H5FO4S. The number of carboxylic acid groups (broad SMARTS) is 2. The Balaban J connectivity index is 3.21. The smallest absolute Gasteiger partial charge is 0.359 e. The van der Waals surface area contributed by atoms with Gasteiger partial charge in [-0.25, -0.2) is 14.0 Å². The number of aliphatic carboxylic acids is 2. The summed E-state index contributed by atoms with van der Waals surface area (Å²) in [5, 5.41) is 18.3. The molecule has 1 aromatic rings. The quantitative estimate of drug-likeness (QED) is 0.722. The normalized spacial score (nSPS) is 11.2. The van der Waals surface area contributed by atoms with Crippen molar-refractivity contribution < 1.29 is 24.2 Å². The van der Waals surface area contributed by atoms with Gasteiger partial charge in [0.25, 0.3) is 0 Å². The molecule has 0 spiro atoms. The molecule has 2 N–H and O–H groups in total. The van der Waals surface area contributed by atoms with Crippen LogP contribution < -0.4 is 0 Å². The predicted molar refractivity (Wildman–Crippen MR) is 42.4 cm³/mol. The Morgan fingerprint density at radius 3 is 2.23 bits per heavy atom. The average molecular weight is 204 g/mol. The Kier molecular flexibility index (Phi) is 2.33. The number of hydrogen-bond donors (Lipinski definition) is 2. The Bertz CT molecular complexity index is 318. The zero-order valence-corrected chi connectivity index (χ0v) is 7.05. The van der Waals surface area contributed by atoms with E-state index in [1.807, 2.05) is 0 Å². The first kappa shape index (κ1) is 9.66. The maximum atomic E-state index is 13.4. The van der Waals surface area contributed by atoms with E-state index < -0.39 is 17.6 Å². The van der Waals surface area contributed by atoms with Crippen molar-refractivity contribution >= 4 is 23.3 Å². The molecule has 0 aliphatic rings. The fourth-order valence-corrected chi connectivity index (χ4v) is 1.57. The SMILES string of the molecule is O=C(O)C(F)(C(=O)O)c1cccs1. The largest absolute Gasteiger partial charge is 0.478 e. The lowest BCUT2D eigenvalue weighted by Gasteiger charge is -2.12. The third-order valence-electron chi connectivity index (χ3n) is 1.45. The van der Waals surface area contributed by atoms with E-state index in [9.17, 15) is 14.0 Å². The number of alkyl halides is 1. The lowest BCUT2D eigenvalue weighted by Crippen LogP contribution is -2.38. The van der Waals surface area contributed by atoms with Crippen LogP contribution in [0.25, 0.3) is 0 Å². The molecule has 0 saturated carbocycles. The lowest BCUT2D eigenvalue weighted by molar-refractivity contribution is -0.167. The average Bonchev–Trinajstić information content (AvgIpc) is 2.54. The van der Waals surface area contributed by atoms with Crippen molar-refractivity contribution in [1.82, 2.24) is 0 Å². The zero-order chi connectivity index (χ0) is 10.1. The molecule has 0 unspecified atom stereocenters. The molecule has 0 radical (unpaired) electrons. The second-order valence-electron chi connectivity index (χ2n) is 2.25. The molecule has 0 aromatic carbocycles. The molecule has 1 rings (SSSR count). The molecule has 6 heteroatoms. The molecule has 70 valence electrons. The van der Waals surface area contributed by atoms with E-state index in [1.165, 1.54) is 11.4 Å². The van der Waals surface area contributed by atoms with Gasteiger partial charge < -0.3 is 10.2 Å². The summed E-state index contributed by atoms with van der Waals surface area (Å²) in [5.74, 6) is -4.02. The highest BCUT2D eigenvalue weighted by atomic mass is 32.1. The van der Waals surface area contributed by atoms with Crippen LogP contribution in [-0.2, 0) is 15.3 Å². The van der Waals surface area contributed by atoms with Crippen molar-refractivity contribution in [2.45, 2.75) is 5.67 Å². The van der Waals surface area contributed by atoms with Gasteiger partial charge in [0.1, 0.15) is 0 Å². The molecule has 13 heavy (non-hydrogen) atoms. The lowest BCUT2D eigenvalue weighted by atomic mass is 10.1. The van der Waals surface area contributed by atoms with E-state index in [0.717, 1.165) is 17.4 Å². The van der Waals surface area contributed by atoms with Crippen molar-refractivity contribution in [2.75, 3.05) is 0 Å². The van der Waals surface area contributed by atoms with Crippen LogP contribution in [0.1, 0.15) is 4.88 Å². The van der Waals surface area contributed by atoms with Gasteiger partial charge in [-0.2, -0.15) is 0 Å². The van der Waals surface area contributed by atoms with Crippen molar-refractivity contribution in [3.05, 3.63) is 22.4 Å². The van der Waals surface area contributed by atoms with Crippen molar-refractivity contribution in [3.8, 4) is 0 Å². The highest BCUT2D eigenvalue weighted by Crippen LogP contribution is 2.30. The highest BCUT2D eigenvalue weighted by molar-refractivity contribution is 7.10. The maximum Gasteiger partial charge on any atom is 0.359 e. The highest BCUT2D eigenvalue weighted by Gasteiger charge is 2.50. The van der Waals surface area contributed by atoms with Crippen LogP contribution in [0.15, 0.2) is 17.5 Å². The van der Waals surface area contributed by atoms with E-state index in [0.29, 0.717) is 0 Å². The fourth-order valence-electron chi connectivity index (χ4n) is 0.777. The Morgan fingerprint density at radius 1 is 1.38 bits per heavy atom. The van der Waals surface area contributed by atoms with E-state index >= 15 is 0 Å². The van der Waals surface area contributed by atoms with Crippen LogP contribution >= 0.6 is 11.3 Å². The molecule has 1 heterocycles. The van der Waals surface area contributed by atoms with Crippen molar-refractivity contribution in [1.29, 1.82) is 0 Å². The van der Waals surface area contributed by atoms with Gasteiger partial charge in [-0.1, -0.05) is 6.07 Å². The molecular weight excluding hydrogens is 199 g/mol. The van der Waals surface area contributed by atoms with Crippen molar-refractivity contribution in [2.24, 2.45) is 0 Å². The molecule has 0 aliphatic heterocycles. The summed E-state index contributed by atoms with van der Waals surface area (Å²) in [6, 6.07) is 2.52. The predicted octanol–water partition coefficient (Wildman–Crippen LogP) is 1.08. The fraction of sp³-hybridized carbons (Fsp3) is 0.143. The van der Waals surface area contributed by atoms with Gasteiger partial charge in [-0.15, -0.1) is 11.3 Å². The molecule has 0 aliphatic carbocycles. The van der Waals surface area contributed by atoms with Gasteiger partial charge in [0.15, 0.2) is 0 Å². The monoisotopic (exact) mass is 204 g/mol. The number of carbonyl (C=O) groups is 2. The van der Waals surface area contributed by atoms with Crippen LogP contribution in [-0.4, -0.2) is 22.2 Å². The maximum absolute atomic E-state index is 13.4. The molecule has 0 saturated heterocycles.